The van der Waals surface area contributed by atoms with Gasteiger partial charge in [0.15, 0.2) is 0 Å². The first-order valence-corrected chi connectivity index (χ1v) is 7.23. The molecule has 1 aromatic rings. The fourth-order valence-corrected chi connectivity index (χ4v) is 1.81. The maximum absolute atomic E-state index is 5.55. The van der Waals surface area contributed by atoms with E-state index < -0.39 is 0 Å². The van der Waals surface area contributed by atoms with Crippen LogP contribution in [0.3, 0.4) is 0 Å². The van der Waals surface area contributed by atoms with Crippen molar-refractivity contribution in [1.82, 2.24) is 14.9 Å². The molecule has 0 fully saturated rings. The molecule has 0 saturated heterocycles. The molecule has 1 rings (SSSR count). The summed E-state index contributed by atoms with van der Waals surface area (Å²) >= 11 is 0. The molecule has 0 aliphatic carbocycles. The number of anilines is 2. The van der Waals surface area contributed by atoms with Crippen molar-refractivity contribution in [2.45, 2.75) is 20.3 Å². The second kappa shape index (κ2) is 9.50. The monoisotopic (exact) mass is 281 g/mol. The Kier molecular flexibility index (Phi) is 7.91. The van der Waals surface area contributed by atoms with E-state index in [1.54, 1.807) is 6.33 Å². The Morgan fingerprint density at radius 2 is 1.80 bits per heavy atom. The third-order valence-corrected chi connectivity index (χ3v) is 2.86. The van der Waals surface area contributed by atoms with Gasteiger partial charge in [-0.3, -0.25) is 0 Å². The lowest BCUT2D eigenvalue weighted by atomic mass is 10.2. The van der Waals surface area contributed by atoms with E-state index in [1.807, 2.05) is 14.1 Å². The minimum atomic E-state index is 0.678. The van der Waals surface area contributed by atoms with E-state index >= 15 is 0 Å². The van der Waals surface area contributed by atoms with Gasteiger partial charge in [-0.1, -0.05) is 6.92 Å². The van der Waals surface area contributed by atoms with Crippen LogP contribution in [0.2, 0.25) is 0 Å². The minimum Gasteiger partial charge on any atom is -0.378 e. The van der Waals surface area contributed by atoms with Crippen molar-refractivity contribution >= 4 is 11.6 Å². The third kappa shape index (κ3) is 5.71. The van der Waals surface area contributed by atoms with Crippen LogP contribution in [0.15, 0.2) is 6.33 Å². The van der Waals surface area contributed by atoms with E-state index in [9.17, 15) is 0 Å². The van der Waals surface area contributed by atoms with E-state index in [0.717, 1.165) is 49.9 Å². The Morgan fingerprint density at radius 1 is 1.10 bits per heavy atom. The quantitative estimate of drug-likeness (QED) is 0.633. The lowest BCUT2D eigenvalue weighted by molar-refractivity contribution is 0.126. The zero-order valence-corrected chi connectivity index (χ0v) is 13.1. The molecular weight excluding hydrogens is 254 g/mol. The highest BCUT2D eigenvalue weighted by Gasteiger charge is 2.08. The lowest BCUT2D eigenvalue weighted by Gasteiger charge is -2.14. The van der Waals surface area contributed by atoms with Gasteiger partial charge >= 0.3 is 0 Å². The molecule has 0 amide bonds. The fourth-order valence-electron chi connectivity index (χ4n) is 1.81. The van der Waals surface area contributed by atoms with Crippen LogP contribution in [0.5, 0.6) is 0 Å². The summed E-state index contributed by atoms with van der Waals surface area (Å²) in [6.45, 7) is 8.16. The number of hydrogen-bond acceptors (Lipinski definition) is 6. The molecule has 0 aromatic carbocycles. The molecule has 1 heterocycles. The van der Waals surface area contributed by atoms with Gasteiger partial charge in [0, 0.05) is 25.2 Å². The van der Waals surface area contributed by atoms with E-state index in [2.05, 4.69) is 39.3 Å². The summed E-state index contributed by atoms with van der Waals surface area (Å²) in [6.07, 6.45) is 2.49. The van der Waals surface area contributed by atoms with E-state index in [1.165, 1.54) is 0 Å². The average molecular weight is 281 g/mol. The van der Waals surface area contributed by atoms with E-state index in [4.69, 9.17) is 4.74 Å². The standard InChI is InChI=1S/C14H27N5O/c1-5-12-13(15-6-2)17-11-18-14(12)16-7-9-20-10-8-19(3)4/h11H,5-10H2,1-4H3,(H2,15,16,17,18). The molecule has 0 radical (unpaired) electrons. The van der Waals surface area contributed by atoms with Gasteiger partial charge in [-0.15, -0.1) is 0 Å². The van der Waals surface area contributed by atoms with Crippen LogP contribution in [0.1, 0.15) is 19.4 Å². The number of likely N-dealkylation sites (N-methyl/N-ethyl adjacent to an activating group) is 1. The van der Waals surface area contributed by atoms with Gasteiger partial charge in [0.05, 0.1) is 13.2 Å². The van der Waals surface area contributed by atoms with Crippen molar-refractivity contribution < 1.29 is 4.74 Å². The largest absolute Gasteiger partial charge is 0.378 e. The number of nitrogens with one attached hydrogen (secondary N) is 2. The summed E-state index contributed by atoms with van der Waals surface area (Å²) in [5, 5.41) is 6.58. The molecule has 6 heteroatoms. The minimum absolute atomic E-state index is 0.678. The number of aromatic nitrogens is 2. The van der Waals surface area contributed by atoms with Gasteiger partial charge in [-0.05, 0) is 27.4 Å². The molecule has 0 bridgehead atoms. The molecule has 6 nitrogen and oxygen atoms in total. The zero-order valence-electron chi connectivity index (χ0n) is 13.1. The fraction of sp³-hybridized carbons (Fsp3) is 0.714. The van der Waals surface area contributed by atoms with Crippen molar-refractivity contribution in [2.24, 2.45) is 0 Å². The zero-order chi connectivity index (χ0) is 14.8. The van der Waals surface area contributed by atoms with Crippen molar-refractivity contribution in [3.8, 4) is 0 Å². The highest BCUT2D eigenvalue weighted by atomic mass is 16.5. The Hall–Kier alpha value is -1.40. The Bertz CT molecular complexity index is 384. The molecule has 20 heavy (non-hydrogen) atoms. The summed E-state index contributed by atoms with van der Waals surface area (Å²) in [5.74, 6) is 1.82. The van der Waals surface area contributed by atoms with Crippen molar-refractivity contribution in [3.63, 3.8) is 0 Å². The summed E-state index contributed by atoms with van der Waals surface area (Å²) in [7, 11) is 4.08. The Morgan fingerprint density at radius 3 is 2.40 bits per heavy atom. The van der Waals surface area contributed by atoms with Crippen molar-refractivity contribution in [3.05, 3.63) is 11.9 Å². The smallest absolute Gasteiger partial charge is 0.134 e. The first kappa shape index (κ1) is 16.7. The van der Waals surface area contributed by atoms with Gasteiger partial charge in [0.25, 0.3) is 0 Å². The van der Waals surface area contributed by atoms with Gasteiger partial charge in [0.2, 0.25) is 0 Å². The molecule has 1 aromatic heterocycles. The molecule has 2 N–H and O–H groups in total. The summed E-state index contributed by atoms with van der Waals surface area (Å²) < 4.78 is 5.55. The van der Waals surface area contributed by atoms with Crippen molar-refractivity contribution in [1.29, 1.82) is 0 Å². The molecule has 0 atom stereocenters. The van der Waals surface area contributed by atoms with Gasteiger partial charge in [0.1, 0.15) is 18.0 Å². The molecule has 114 valence electrons. The highest BCUT2D eigenvalue weighted by molar-refractivity contribution is 5.57. The van der Waals surface area contributed by atoms with Crippen LogP contribution in [0, 0.1) is 0 Å². The lowest BCUT2D eigenvalue weighted by Crippen LogP contribution is -2.20. The number of hydrogen-bond donors (Lipinski definition) is 2. The third-order valence-electron chi connectivity index (χ3n) is 2.86. The van der Waals surface area contributed by atoms with E-state index in [-0.39, 0.29) is 0 Å². The second-order valence-electron chi connectivity index (χ2n) is 4.78. The molecule has 0 saturated carbocycles. The highest BCUT2D eigenvalue weighted by Crippen LogP contribution is 2.19. The average Bonchev–Trinajstić information content (AvgIpc) is 2.43. The number of rotatable bonds is 10. The topological polar surface area (TPSA) is 62.3 Å². The molecule has 0 aliphatic rings. The van der Waals surface area contributed by atoms with Crippen LogP contribution in [0.4, 0.5) is 11.6 Å². The van der Waals surface area contributed by atoms with Gasteiger partial charge < -0.3 is 20.3 Å². The summed E-state index contributed by atoms with van der Waals surface area (Å²) in [4.78, 5) is 10.7. The Balaban J connectivity index is 2.41. The van der Waals surface area contributed by atoms with Crippen LogP contribution in [-0.2, 0) is 11.2 Å². The SMILES string of the molecule is CCNc1ncnc(NCCOCCN(C)C)c1CC. The first-order valence-electron chi connectivity index (χ1n) is 7.23. The summed E-state index contributed by atoms with van der Waals surface area (Å²) in [6, 6.07) is 0. The first-order chi connectivity index (χ1) is 9.69. The number of ether oxygens (including phenoxy) is 1. The van der Waals surface area contributed by atoms with Gasteiger partial charge in [-0.25, -0.2) is 9.97 Å². The molecule has 0 unspecified atom stereocenters. The number of nitrogens with zero attached hydrogens (tertiary/aromatic N) is 3. The second-order valence-corrected chi connectivity index (χ2v) is 4.78. The normalized spacial score (nSPS) is 10.8. The van der Waals surface area contributed by atoms with Crippen molar-refractivity contribution in [2.75, 3.05) is 57.6 Å². The maximum Gasteiger partial charge on any atom is 0.134 e. The van der Waals surface area contributed by atoms with Crippen LogP contribution in [-0.4, -0.2) is 61.8 Å². The van der Waals surface area contributed by atoms with Crippen LogP contribution < -0.4 is 10.6 Å². The van der Waals surface area contributed by atoms with Crippen LogP contribution >= 0.6 is 0 Å². The summed E-state index contributed by atoms with van der Waals surface area (Å²) in [5.41, 5.74) is 1.13. The molecular formula is C14H27N5O. The predicted octanol–water partition coefficient (Wildman–Crippen LogP) is 1.46. The van der Waals surface area contributed by atoms with E-state index in [0.29, 0.717) is 6.61 Å². The van der Waals surface area contributed by atoms with Crippen LogP contribution in [0.25, 0.3) is 0 Å². The molecule has 0 aliphatic heterocycles. The van der Waals surface area contributed by atoms with Gasteiger partial charge in [-0.2, -0.15) is 0 Å². The molecule has 0 spiro atoms. The Labute approximate surface area is 121 Å². The maximum atomic E-state index is 5.55. The predicted molar refractivity (Wildman–Crippen MR) is 83.4 cm³/mol.